The van der Waals surface area contributed by atoms with Crippen LogP contribution in [0.25, 0.3) is 11.1 Å². The summed E-state index contributed by atoms with van der Waals surface area (Å²) >= 11 is 0. The Morgan fingerprint density at radius 1 is 1.15 bits per heavy atom. The summed E-state index contributed by atoms with van der Waals surface area (Å²) in [4.78, 5) is 4.58. The number of benzene rings is 2. The minimum atomic E-state index is -0.730. The smallest absolute Gasteiger partial charge is 0.219 e. The van der Waals surface area contributed by atoms with Gasteiger partial charge >= 0.3 is 0 Å². The van der Waals surface area contributed by atoms with Crippen LogP contribution < -0.4 is 5.73 Å². The molecule has 0 bridgehead atoms. The highest BCUT2D eigenvalue weighted by Crippen LogP contribution is 2.29. The third-order valence-electron chi connectivity index (χ3n) is 3.68. The predicted molar refractivity (Wildman–Crippen MR) is 80.5 cm³/mol. The maximum atomic E-state index is 6.44. The van der Waals surface area contributed by atoms with Gasteiger partial charge in [0.25, 0.3) is 0 Å². The second-order valence-electron chi connectivity index (χ2n) is 5.24. The largest absolute Gasteiger partial charge is 0.438 e. The average molecular weight is 266 g/mol. The van der Waals surface area contributed by atoms with Gasteiger partial charge < -0.3 is 10.2 Å². The predicted octanol–water partition coefficient (Wildman–Crippen LogP) is 3.61. The highest BCUT2D eigenvalue weighted by atomic mass is 16.3. The first-order valence-corrected chi connectivity index (χ1v) is 6.85. The Bertz CT molecular complexity index is 729. The Morgan fingerprint density at radius 3 is 2.60 bits per heavy atom. The fourth-order valence-electron chi connectivity index (χ4n) is 2.32. The zero-order valence-corrected chi connectivity index (χ0v) is 11.8. The van der Waals surface area contributed by atoms with E-state index in [1.807, 2.05) is 43.3 Å². The van der Waals surface area contributed by atoms with E-state index in [0.29, 0.717) is 5.89 Å². The molecule has 102 valence electrons. The van der Waals surface area contributed by atoms with E-state index in [9.17, 15) is 0 Å². The van der Waals surface area contributed by atoms with E-state index in [4.69, 9.17) is 10.2 Å². The van der Waals surface area contributed by atoms with E-state index in [1.165, 1.54) is 5.56 Å². The molecule has 2 aromatic carbocycles. The molecule has 0 saturated heterocycles. The van der Waals surface area contributed by atoms with Crippen molar-refractivity contribution >= 4 is 11.1 Å². The molecule has 3 nitrogen and oxygen atoms in total. The first-order chi connectivity index (χ1) is 9.61. The van der Waals surface area contributed by atoms with E-state index in [-0.39, 0.29) is 0 Å². The van der Waals surface area contributed by atoms with Crippen LogP contribution in [0.5, 0.6) is 0 Å². The third-order valence-corrected chi connectivity index (χ3v) is 3.68. The lowest BCUT2D eigenvalue weighted by atomic mass is 9.93. The summed E-state index contributed by atoms with van der Waals surface area (Å²) < 4.78 is 5.85. The molecule has 0 saturated carbocycles. The second-order valence-corrected chi connectivity index (χ2v) is 5.24. The van der Waals surface area contributed by atoms with Crippen molar-refractivity contribution < 1.29 is 4.42 Å². The van der Waals surface area contributed by atoms with Crippen molar-refractivity contribution in [2.45, 2.75) is 25.8 Å². The lowest BCUT2D eigenvalue weighted by Gasteiger charge is -2.20. The normalized spacial score (nSPS) is 14.3. The standard InChI is InChI=1S/C17H18N2O/c1-3-12-9-10-15-14(11-12)19-16(20-15)17(2,18)13-7-5-4-6-8-13/h4-11H,3,18H2,1-2H3. The molecule has 3 aromatic rings. The van der Waals surface area contributed by atoms with Crippen LogP contribution in [-0.4, -0.2) is 4.98 Å². The topological polar surface area (TPSA) is 52.0 Å². The quantitative estimate of drug-likeness (QED) is 0.787. The highest BCUT2D eigenvalue weighted by Gasteiger charge is 2.29. The van der Waals surface area contributed by atoms with Gasteiger partial charge in [-0.1, -0.05) is 43.3 Å². The van der Waals surface area contributed by atoms with Crippen LogP contribution in [0.1, 0.15) is 30.9 Å². The number of hydrogen-bond donors (Lipinski definition) is 1. The van der Waals surface area contributed by atoms with E-state index in [0.717, 1.165) is 23.1 Å². The van der Waals surface area contributed by atoms with Crippen LogP contribution >= 0.6 is 0 Å². The number of nitrogens with two attached hydrogens (primary N) is 1. The summed E-state index contributed by atoms with van der Waals surface area (Å²) in [6.07, 6.45) is 0.983. The van der Waals surface area contributed by atoms with Gasteiger partial charge in [0.2, 0.25) is 5.89 Å². The fraction of sp³-hybridized carbons (Fsp3) is 0.235. The summed E-state index contributed by atoms with van der Waals surface area (Å²) in [7, 11) is 0. The maximum absolute atomic E-state index is 6.44. The number of rotatable bonds is 3. The summed E-state index contributed by atoms with van der Waals surface area (Å²) in [6.45, 7) is 4.05. The van der Waals surface area contributed by atoms with Crippen LogP contribution in [0.4, 0.5) is 0 Å². The molecule has 1 atom stereocenters. The summed E-state index contributed by atoms with van der Waals surface area (Å²) in [5.74, 6) is 0.548. The van der Waals surface area contributed by atoms with Crippen molar-refractivity contribution in [2.75, 3.05) is 0 Å². The van der Waals surface area contributed by atoms with E-state index < -0.39 is 5.54 Å². The average Bonchev–Trinajstić information content (AvgIpc) is 2.91. The molecule has 1 aromatic heterocycles. The molecule has 0 aliphatic carbocycles. The summed E-state index contributed by atoms with van der Waals surface area (Å²) in [6, 6.07) is 16.0. The second kappa shape index (κ2) is 4.76. The van der Waals surface area contributed by atoms with E-state index in [2.05, 4.69) is 24.0 Å². The minimum absolute atomic E-state index is 0.548. The third kappa shape index (κ3) is 2.10. The molecule has 1 unspecified atom stereocenters. The number of oxazole rings is 1. The zero-order valence-electron chi connectivity index (χ0n) is 11.8. The number of fused-ring (bicyclic) bond motifs is 1. The molecule has 0 spiro atoms. The number of nitrogens with zero attached hydrogens (tertiary/aromatic N) is 1. The Hall–Kier alpha value is -2.13. The van der Waals surface area contributed by atoms with Crippen LogP contribution in [0.2, 0.25) is 0 Å². The number of aromatic nitrogens is 1. The van der Waals surface area contributed by atoms with Crippen molar-refractivity contribution in [3.63, 3.8) is 0 Å². The van der Waals surface area contributed by atoms with Crippen LogP contribution in [0.3, 0.4) is 0 Å². The maximum Gasteiger partial charge on any atom is 0.219 e. The van der Waals surface area contributed by atoms with Crippen molar-refractivity contribution in [1.29, 1.82) is 0 Å². The lowest BCUT2D eigenvalue weighted by Crippen LogP contribution is -2.34. The molecule has 1 heterocycles. The molecule has 0 fully saturated rings. The molecule has 3 rings (SSSR count). The fourth-order valence-corrected chi connectivity index (χ4v) is 2.32. The summed E-state index contributed by atoms with van der Waals surface area (Å²) in [5.41, 5.74) is 9.59. The van der Waals surface area contributed by atoms with Gasteiger partial charge in [0.15, 0.2) is 5.58 Å². The Labute approximate surface area is 118 Å². The molecular formula is C17H18N2O. The van der Waals surface area contributed by atoms with Gasteiger partial charge in [-0.2, -0.15) is 0 Å². The minimum Gasteiger partial charge on any atom is -0.438 e. The van der Waals surface area contributed by atoms with Crippen LogP contribution in [0, 0.1) is 0 Å². The van der Waals surface area contributed by atoms with Crippen molar-refractivity contribution in [3.8, 4) is 0 Å². The molecule has 2 N–H and O–H groups in total. The molecule has 0 amide bonds. The monoisotopic (exact) mass is 266 g/mol. The van der Waals surface area contributed by atoms with Crippen molar-refractivity contribution in [3.05, 3.63) is 65.5 Å². The van der Waals surface area contributed by atoms with Crippen molar-refractivity contribution in [1.82, 2.24) is 4.98 Å². The van der Waals surface area contributed by atoms with Crippen LogP contribution in [-0.2, 0) is 12.0 Å². The van der Waals surface area contributed by atoms with Gasteiger partial charge in [0.1, 0.15) is 11.1 Å². The van der Waals surface area contributed by atoms with Gasteiger partial charge in [-0.25, -0.2) is 4.98 Å². The van der Waals surface area contributed by atoms with Crippen molar-refractivity contribution in [2.24, 2.45) is 5.73 Å². The molecule has 0 aliphatic heterocycles. The molecule has 0 radical (unpaired) electrons. The van der Waals surface area contributed by atoms with Crippen LogP contribution in [0.15, 0.2) is 52.9 Å². The highest BCUT2D eigenvalue weighted by molar-refractivity contribution is 5.73. The Balaban J connectivity index is 2.10. The first kappa shape index (κ1) is 12.9. The number of aryl methyl sites for hydroxylation is 1. The van der Waals surface area contributed by atoms with E-state index in [1.54, 1.807) is 0 Å². The molecule has 0 aliphatic rings. The molecule has 3 heteroatoms. The number of hydrogen-bond acceptors (Lipinski definition) is 3. The molecule has 20 heavy (non-hydrogen) atoms. The van der Waals surface area contributed by atoms with Gasteiger partial charge in [0, 0.05) is 0 Å². The SMILES string of the molecule is CCc1ccc2oc(C(C)(N)c3ccccc3)nc2c1. The summed E-state index contributed by atoms with van der Waals surface area (Å²) in [5, 5.41) is 0. The Kier molecular flexibility index (Phi) is 3.07. The first-order valence-electron chi connectivity index (χ1n) is 6.85. The van der Waals surface area contributed by atoms with Gasteiger partial charge in [-0.3, -0.25) is 0 Å². The lowest BCUT2D eigenvalue weighted by molar-refractivity contribution is 0.418. The van der Waals surface area contributed by atoms with Gasteiger partial charge in [-0.05, 0) is 36.6 Å². The zero-order chi connectivity index (χ0) is 14.2. The Morgan fingerprint density at radius 2 is 1.90 bits per heavy atom. The van der Waals surface area contributed by atoms with E-state index >= 15 is 0 Å². The van der Waals surface area contributed by atoms with Gasteiger partial charge in [0.05, 0.1) is 0 Å². The molecular weight excluding hydrogens is 248 g/mol. The van der Waals surface area contributed by atoms with Gasteiger partial charge in [-0.15, -0.1) is 0 Å².